The van der Waals surface area contributed by atoms with Gasteiger partial charge in [0.1, 0.15) is 5.75 Å². The second-order valence-corrected chi connectivity index (χ2v) is 6.66. The number of aromatic hydroxyl groups is 1. The predicted octanol–water partition coefficient (Wildman–Crippen LogP) is 4.63. The molecule has 0 aromatic heterocycles. The molecule has 0 saturated carbocycles. The number of benzene rings is 1. The maximum Gasteiger partial charge on any atom is 0.116 e. The van der Waals surface area contributed by atoms with Gasteiger partial charge in [-0.1, -0.05) is 54.2 Å². The lowest BCUT2D eigenvalue weighted by atomic mass is 9.73. The van der Waals surface area contributed by atoms with E-state index in [9.17, 15) is 5.11 Å². The van der Waals surface area contributed by atoms with Crippen molar-refractivity contribution in [1.82, 2.24) is 0 Å². The number of rotatable bonds is 1. The minimum atomic E-state index is 0.0130. The third kappa shape index (κ3) is 2.91. The highest BCUT2D eigenvalue weighted by molar-refractivity contribution is 5.60. The van der Waals surface area contributed by atoms with Crippen LogP contribution >= 0.6 is 0 Å². The van der Waals surface area contributed by atoms with Crippen molar-refractivity contribution in [3.63, 3.8) is 0 Å². The van der Waals surface area contributed by atoms with Gasteiger partial charge < -0.3 is 5.11 Å². The summed E-state index contributed by atoms with van der Waals surface area (Å²) in [5.74, 6) is 0.317. The lowest BCUT2D eigenvalue weighted by Gasteiger charge is -2.32. The number of phenols is 1. The van der Waals surface area contributed by atoms with E-state index in [0.29, 0.717) is 5.75 Å². The Hall–Kier alpha value is -1.24. The number of hydrogen-bond acceptors (Lipinski definition) is 1. The van der Waals surface area contributed by atoms with Gasteiger partial charge in [0, 0.05) is 0 Å². The highest BCUT2D eigenvalue weighted by Crippen LogP contribution is 2.38. The van der Waals surface area contributed by atoms with Crippen molar-refractivity contribution >= 4 is 6.08 Å². The molecule has 17 heavy (non-hydrogen) atoms. The summed E-state index contributed by atoms with van der Waals surface area (Å²) in [6, 6.07) is 3.68. The maximum atomic E-state index is 9.83. The molecular formula is C16H24O. The molecule has 1 aromatic carbocycles. The summed E-state index contributed by atoms with van der Waals surface area (Å²) in [5.41, 5.74) is 3.55. The van der Waals surface area contributed by atoms with Crippen molar-refractivity contribution in [1.29, 1.82) is 0 Å². The average Bonchev–Trinajstić information content (AvgIpc) is 2.12. The maximum absolute atomic E-state index is 9.83. The van der Waals surface area contributed by atoms with Crippen LogP contribution in [0.4, 0.5) is 0 Å². The quantitative estimate of drug-likeness (QED) is 0.748. The van der Waals surface area contributed by atoms with Gasteiger partial charge in [-0.25, -0.2) is 0 Å². The average molecular weight is 232 g/mol. The minimum Gasteiger partial charge on any atom is -0.508 e. The number of phenolic OH excluding ortho intramolecular Hbond substituents is 1. The van der Waals surface area contributed by atoms with Crippen molar-refractivity contribution < 1.29 is 5.11 Å². The Morgan fingerprint density at radius 2 is 1.53 bits per heavy atom. The summed E-state index contributed by atoms with van der Waals surface area (Å²) >= 11 is 0. The molecule has 0 atom stereocenters. The van der Waals surface area contributed by atoms with Gasteiger partial charge in [-0.3, -0.25) is 0 Å². The van der Waals surface area contributed by atoms with Crippen LogP contribution in [0.1, 0.15) is 58.2 Å². The summed E-state index contributed by atoms with van der Waals surface area (Å²) in [6.45, 7) is 17.0. The smallest absolute Gasteiger partial charge is 0.116 e. The van der Waals surface area contributed by atoms with Gasteiger partial charge in [0.2, 0.25) is 0 Å². The van der Waals surface area contributed by atoms with Crippen molar-refractivity contribution in [2.24, 2.45) is 0 Å². The fraction of sp³-hybridized carbons (Fsp3) is 0.500. The fourth-order valence-electron chi connectivity index (χ4n) is 2.24. The molecule has 0 aliphatic rings. The Bertz CT molecular complexity index is 428. The largest absolute Gasteiger partial charge is 0.508 e. The van der Waals surface area contributed by atoms with Gasteiger partial charge in [0.25, 0.3) is 0 Å². The molecule has 0 saturated heterocycles. The van der Waals surface area contributed by atoms with E-state index < -0.39 is 0 Å². The van der Waals surface area contributed by atoms with Gasteiger partial charge in [0.15, 0.2) is 0 Å². The molecule has 0 bridgehead atoms. The van der Waals surface area contributed by atoms with Crippen molar-refractivity contribution in [2.45, 2.75) is 52.4 Å². The summed E-state index contributed by atoms with van der Waals surface area (Å²) in [5, 5.41) is 9.83. The van der Waals surface area contributed by atoms with E-state index >= 15 is 0 Å². The Labute approximate surface area is 105 Å². The van der Waals surface area contributed by atoms with E-state index in [2.05, 4.69) is 48.1 Å². The van der Waals surface area contributed by atoms with Gasteiger partial charge in [-0.2, -0.15) is 0 Å². The molecule has 0 fully saturated rings. The Morgan fingerprint density at radius 3 is 1.88 bits per heavy atom. The van der Waals surface area contributed by atoms with Crippen LogP contribution in [0.15, 0.2) is 18.7 Å². The third-order valence-corrected chi connectivity index (χ3v) is 2.93. The van der Waals surface area contributed by atoms with Gasteiger partial charge in [-0.15, -0.1) is 0 Å². The molecule has 0 aliphatic carbocycles. The van der Waals surface area contributed by atoms with Gasteiger partial charge in [0.05, 0.1) is 0 Å². The van der Waals surface area contributed by atoms with E-state index in [1.807, 2.05) is 12.1 Å². The molecular weight excluding hydrogens is 208 g/mol. The van der Waals surface area contributed by atoms with E-state index in [-0.39, 0.29) is 10.8 Å². The molecule has 0 radical (unpaired) electrons. The van der Waals surface area contributed by atoms with Crippen LogP contribution in [0, 0.1) is 0 Å². The van der Waals surface area contributed by atoms with Crippen molar-refractivity contribution in [2.75, 3.05) is 0 Å². The monoisotopic (exact) mass is 232 g/mol. The molecule has 0 heterocycles. The van der Waals surface area contributed by atoms with Gasteiger partial charge in [-0.05, 0) is 39.7 Å². The van der Waals surface area contributed by atoms with Crippen LogP contribution in [0.3, 0.4) is 0 Å². The molecule has 0 aliphatic heterocycles. The zero-order valence-corrected chi connectivity index (χ0v) is 11.9. The predicted molar refractivity (Wildman–Crippen MR) is 75.6 cm³/mol. The zero-order valence-electron chi connectivity index (χ0n) is 11.9. The van der Waals surface area contributed by atoms with E-state index in [4.69, 9.17) is 0 Å². The van der Waals surface area contributed by atoms with Crippen LogP contribution in [0.5, 0.6) is 5.75 Å². The van der Waals surface area contributed by atoms with E-state index in [0.717, 1.165) is 5.56 Å². The van der Waals surface area contributed by atoms with Crippen molar-refractivity contribution in [3.05, 3.63) is 35.4 Å². The lowest BCUT2D eigenvalue weighted by Crippen LogP contribution is -2.23. The highest BCUT2D eigenvalue weighted by atomic mass is 16.3. The summed E-state index contributed by atoms with van der Waals surface area (Å²) in [6.07, 6.45) is 1.83. The van der Waals surface area contributed by atoms with Crippen LogP contribution in [0.2, 0.25) is 0 Å². The van der Waals surface area contributed by atoms with E-state index in [1.165, 1.54) is 11.1 Å². The van der Waals surface area contributed by atoms with Crippen LogP contribution in [-0.4, -0.2) is 5.11 Å². The first-order valence-electron chi connectivity index (χ1n) is 6.08. The molecule has 0 unspecified atom stereocenters. The zero-order chi connectivity index (χ0) is 13.4. The second-order valence-electron chi connectivity index (χ2n) is 6.66. The van der Waals surface area contributed by atoms with Gasteiger partial charge >= 0.3 is 0 Å². The van der Waals surface area contributed by atoms with Crippen LogP contribution in [0.25, 0.3) is 6.08 Å². The Morgan fingerprint density at radius 1 is 1.00 bits per heavy atom. The molecule has 1 rings (SSSR count). The molecule has 1 N–H and O–H groups in total. The Kier molecular flexibility index (Phi) is 3.42. The standard InChI is InChI=1S/C16H24O/c1-8-11-9-12(17)10-13(15(2,3)4)14(11)16(5,6)7/h8-10,17H,1H2,2-7H3. The van der Waals surface area contributed by atoms with Crippen molar-refractivity contribution in [3.8, 4) is 5.75 Å². The summed E-state index contributed by atoms with van der Waals surface area (Å²) in [7, 11) is 0. The number of hydrogen-bond donors (Lipinski definition) is 1. The molecule has 0 spiro atoms. The highest BCUT2D eigenvalue weighted by Gasteiger charge is 2.27. The molecule has 1 nitrogen and oxygen atoms in total. The third-order valence-electron chi connectivity index (χ3n) is 2.93. The normalized spacial score (nSPS) is 12.6. The molecule has 94 valence electrons. The summed E-state index contributed by atoms with van der Waals surface area (Å²) in [4.78, 5) is 0. The minimum absolute atomic E-state index is 0.0130. The first-order chi connectivity index (χ1) is 7.57. The van der Waals surface area contributed by atoms with Crippen LogP contribution in [-0.2, 0) is 10.8 Å². The molecule has 1 heteroatoms. The SMILES string of the molecule is C=Cc1cc(O)cc(C(C)(C)C)c1C(C)(C)C. The fourth-order valence-corrected chi connectivity index (χ4v) is 2.24. The first-order valence-corrected chi connectivity index (χ1v) is 6.08. The summed E-state index contributed by atoms with van der Waals surface area (Å²) < 4.78 is 0. The lowest BCUT2D eigenvalue weighted by molar-refractivity contribution is 0.466. The second kappa shape index (κ2) is 4.21. The molecule has 1 aromatic rings. The topological polar surface area (TPSA) is 20.2 Å². The van der Waals surface area contributed by atoms with E-state index in [1.54, 1.807) is 6.07 Å². The Balaban J connectivity index is 3.68. The molecule has 0 amide bonds. The van der Waals surface area contributed by atoms with Crippen LogP contribution < -0.4 is 0 Å². The first kappa shape index (κ1) is 13.8.